The zero-order valence-corrected chi connectivity index (χ0v) is 15.0. The maximum atomic E-state index is 13.1. The summed E-state index contributed by atoms with van der Waals surface area (Å²) in [6.07, 6.45) is -6.46. The number of ether oxygens (including phenoxy) is 1. The van der Waals surface area contributed by atoms with Crippen molar-refractivity contribution in [2.75, 3.05) is 0 Å². The molecule has 0 fully saturated rings. The molecule has 2 aromatic carbocycles. The van der Waals surface area contributed by atoms with Gasteiger partial charge in [0.2, 0.25) is 6.10 Å². The molecule has 0 bridgehead atoms. The Balaban J connectivity index is 2.00. The second-order valence-electron chi connectivity index (χ2n) is 5.32. The quantitative estimate of drug-likeness (QED) is 0.667. The van der Waals surface area contributed by atoms with Crippen molar-refractivity contribution in [3.63, 3.8) is 0 Å². The molecule has 1 atom stereocenters. The summed E-state index contributed by atoms with van der Waals surface area (Å²) >= 11 is 13.2. The van der Waals surface area contributed by atoms with Crippen LogP contribution in [-0.4, -0.2) is 23.4 Å². The van der Waals surface area contributed by atoms with Crippen LogP contribution in [0.1, 0.15) is 5.56 Å². The standard InChI is InChI=1S/C17H9Cl2F3O3S/c18-9-1-3-10(4-2-9)26-14-7-13-8(6-12(14)19)5-11(16(23)24)15(25-13)17(20,21)22/h1-7,15H,(H,23,24). The molecule has 0 spiro atoms. The van der Waals surface area contributed by atoms with Crippen molar-refractivity contribution in [3.8, 4) is 5.75 Å². The molecule has 1 N–H and O–H groups in total. The molecule has 3 nitrogen and oxygen atoms in total. The van der Waals surface area contributed by atoms with Crippen LogP contribution in [0.3, 0.4) is 0 Å². The largest absolute Gasteiger partial charge is 0.478 e. The van der Waals surface area contributed by atoms with Crippen molar-refractivity contribution in [2.24, 2.45) is 0 Å². The molecule has 2 aromatic rings. The Bertz CT molecular complexity index is 895. The number of benzene rings is 2. The first kappa shape index (κ1) is 18.9. The minimum Gasteiger partial charge on any atom is -0.478 e. The van der Waals surface area contributed by atoms with E-state index in [1.807, 2.05) is 0 Å². The van der Waals surface area contributed by atoms with E-state index in [0.717, 1.165) is 11.0 Å². The predicted octanol–water partition coefficient (Wildman–Crippen LogP) is 5.94. The lowest BCUT2D eigenvalue weighted by molar-refractivity contribution is -0.187. The van der Waals surface area contributed by atoms with Crippen LogP contribution in [-0.2, 0) is 4.79 Å². The molecule has 0 aromatic heterocycles. The second-order valence-corrected chi connectivity index (χ2v) is 7.28. The summed E-state index contributed by atoms with van der Waals surface area (Å²) < 4.78 is 44.4. The van der Waals surface area contributed by atoms with Crippen LogP contribution in [0.15, 0.2) is 51.8 Å². The zero-order chi connectivity index (χ0) is 19.1. The summed E-state index contributed by atoms with van der Waals surface area (Å²) in [4.78, 5) is 12.4. The molecule has 136 valence electrons. The lowest BCUT2D eigenvalue weighted by atomic mass is 10.0. The third kappa shape index (κ3) is 3.95. The fourth-order valence-electron chi connectivity index (χ4n) is 2.32. The Labute approximate surface area is 160 Å². The van der Waals surface area contributed by atoms with Crippen molar-refractivity contribution < 1.29 is 27.8 Å². The number of carbonyl (C=O) groups is 1. The number of carboxylic acids is 1. The van der Waals surface area contributed by atoms with Gasteiger partial charge in [-0.2, -0.15) is 13.2 Å². The van der Waals surface area contributed by atoms with Crippen molar-refractivity contribution >= 4 is 47.0 Å². The van der Waals surface area contributed by atoms with E-state index in [9.17, 15) is 18.0 Å². The fourth-order valence-corrected chi connectivity index (χ4v) is 3.59. The van der Waals surface area contributed by atoms with Crippen LogP contribution in [0.4, 0.5) is 13.2 Å². The van der Waals surface area contributed by atoms with Gasteiger partial charge < -0.3 is 9.84 Å². The van der Waals surface area contributed by atoms with E-state index >= 15 is 0 Å². The topological polar surface area (TPSA) is 46.5 Å². The number of halogens is 5. The van der Waals surface area contributed by atoms with Gasteiger partial charge in [-0.25, -0.2) is 4.79 Å². The van der Waals surface area contributed by atoms with E-state index in [-0.39, 0.29) is 16.3 Å². The van der Waals surface area contributed by atoms with Gasteiger partial charge in [-0.15, -0.1) is 0 Å². The van der Waals surface area contributed by atoms with Gasteiger partial charge in [0, 0.05) is 20.4 Å². The first-order valence-electron chi connectivity index (χ1n) is 7.10. The number of alkyl halides is 3. The SMILES string of the molecule is O=C(O)C1=Cc2cc(Cl)c(Sc3ccc(Cl)cc3)cc2OC1C(F)(F)F. The number of aliphatic carboxylic acids is 1. The molecule has 1 aliphatic heterocycles. The van der Waals surface area contributed by atoms with Crippen LogP contribution >= 0.6 is 35.0 Å². The molecule has 0 radical (unpaired) electrons. The van der Waals surface area contributed by atoms with Crippen LogP contribution < -0.4 is 4.74 Å². The fraction of sp³-hybridized carbons (Fsp3) is 0.118. The molecule has 0 saturated heterocycles. The molecule has 1 aliphatic rings. The van der Waals surface area contributed by atoms with Crippen LogP contribution in [0.5, 0.6) is 5.75 Å². The third-order valence-electron chi connectivity index (χ3n) is 3.49. The molecule has 1 unspecified atom stereocenters. The average molecular weight is 421 g/mol. The monoisotopic (exact) mass is 420 g/mol. The van der Waals surface area contributed by atoms with Gasteiger partial charge in [-0.3, -0.25) is 0 Å². The Morgan fingerprint density at radius 2 is 1.81 bits per heavy atom. The maximum absolute atomic E-state index is 13.1. The summed E-state index contributed by atoms with van der Waals surface area (Å²) in [5.74, 6) is -1.79. The highest BCUT2D eigenvalue weighted by Gasteiger charge is 2.48. The molecule has 0 amide bonds. The van der Waals surface area contributed by atoms with Gasteiger partial charge in [0.15, 0.2) is 0 Å². The average Bonchev–Trinajstić information content (AvgIpc) is 2.55. The highest BCUT2D eigenvalue weighted by Crippen LogP contribution is 2.43. The lowest BCUT2D eigenvalue weighted by Gasteiger charge is -2.27. The van der Waals surface area contributed by atoms with Crippen LogP contribution in [0.2, 0.25) is 10.0 Å². The van der Waals surface area contributed by atoms with E-state index in [1.165, 1.54) is 23.9 Å². The smallest absolute Gasteiger partial charge is 0.430 e. The second kappa shape index (κ2) is 7.06. The molecular weight excluding hydrogens is 412 g/mol. The van der Waals surface area contributed by atoms with Crippen molar-refractivity contribution in [3.05, 3.63) is 57.6 Å². The first-order chi connectivity index (χ1) is 12.1. The van der Waals surface area contributed by atoms with Crippen LogP contribution in [0.25, 0.3) is 6.08 Å². The molecule has 26 heavy (non-hydrogen) atoms. The Hall–Kier alpha value is -1.83. The van der Waals surface area contributed by atoms with E-state index in [1.54, 1.807) is 24.3 Å². The van der Waals surface area contributed by atoms with E-state index in [4.69, 9.17) is 33.0 Å². The number of hydrogen-bond acceptors (Lipinski definition) is 3. The number of hydrogen-bond donors (Lipinski definition) is 1. The van der Waals surface area contributed by atoms with Crippen molar-refractivity contribution in [1.29, 1.82) is 0 Å². The van der Waals surface area contributed by atoms with Crippen LogP contribution in [0, 0.1) is 0 Å². The molecule has 0 saturated carbocycles. The minimum atomic E-state index is -4.86. The van der Waals surface area contributed by atoms with Crippen molar-refractivity contribution in [1.82, 2.24) is 0 Å². The number of carboxylic acid groups (broad SMARTS) is 1. The highest BCUT2D eigenvalue weighted by molar-refractivity contribution is 7.99. The third-order valence-corrected chi connectivity index (χ3v) is 5.23. The summed E-state index contributed by atoms with van der Waals surface area (Å²) in [7, 11) is 0. The highest BCUT2D eigenvalue weighted by atomic mass is 35.5. The summed E-state index contributed by atoms with van der Waals surface area (Å²) in [5, 5.41) is 9.85. The predicted molar refractivity (Wildman–Crippen MR) is 93.1 cm³/mol. The molecular formula is C17H9Cl2F3O3S. The maximum Gasteiger partial charge on any atom is 0.430 e. The van der Waals surface area contributed by atoms with E-state index in [2.05, 4.69) is 0 Å². The Kier molecular flexibility index (Phi) is 5.14. The lowest BCUT2D eigenvalue weighted by Crippen LogP contribution is -2.40. The van der Waals surface area contributed by atoms with Gasteiger partial charge in [0.25, 0.3) is 0 Å². The summed E-state index contributed by atoms with van der Waals surface area (Å²) in [6, 6.07) is 9.58. The Morgan fingerprint density at radius 1 is 1.15 bits per heavy atom. The first-order valence-corrected chi connectivity index (χ1v) is 8.67. The summed E-state index contributed by atoms with van der Waals surface area (Å²) in [5.41, 5.74) is -0.715. The summed E-state index contributed by atoms with van der Waals surface area (Å²) in [6.45, 7) is 0. The van der Waals surface area contributed by atoms with E-state index in [0.29, 0.717) is 9.92 Å². The van der Waals surface area contributed by atoms with Gasteiger partial charge >= 0.3 is 12.1 Å². The van der Waals surface area contributed by atoms with Gasteiger partial charge in [-0.05, 0) is 42.5 Å². The number of fused-ring (bicyclic) bond motifs is 1. The van der Waals surface area contributed by atoms with Gasteiger partial charge in [0.1, 0.15) is 5.75 Å². The normalized spacial score (nSPS) is 16.5. The Morgan fingerprint density at radius 3 is 2.38 bits per heavy atom. The molecule has 0 aliphatic carbocycles. The number of rotatable bonds is 3. The van der Waals surface area contributed by atoms with Gasteiger partial charge in [0.05, 0.1) is 10.6 Å². The molecule has 1 heterocycles. The van der Waals surface area contributed by atoms with Crippen molar-refractivity contribution in [2.45, 2.75) is 22.1 Å². The minimum absolute atomic E-state index is 0.0850. The van der Waals surface area contributed by atoms with E-state index < -0.39 is 23.8 Å². The van der Waals surface area contributed by atoms with Gasteiger partial charge in [-0.1, -0.05) is 35.0 Å². The zero-order valence-electron chi connectivity index (χ0n) is 12.7. The molecule has 3 rings (SSSR count). The molecule has 9 heteroatoms.